The van der Waals surface area contributed by atoms with Crippen molar-refractivity contribution in [1.29, 1.82) is 0 Å². The van der Waals surface area contributed by atoms with Crippen LogP contribution in [0.2, 0.25) is 0 Å². The number of rotatable bonds is 1. The summed E-state index contributed by atoms with van der Waals surface area (Å²) in [4.78, 5) is 18.9. The zero-order valence-corrected chi connectivity index (χ0v) is 4.01. The Morgan fingerprint density at radius 1 is 1.86 bits per heavy atom. The minimum atomic E-state index is -3.16. The molecule has 0 radical (unpaired) electrons. The van der Waals surface area contributed by atoms with Crippen LogP contribution in [0.15, 0.2) is 0 Å². The number of carbonyl (C=O) groups excluding carboxylic acids is 1. The normalized spacial score (nSPS) is 10.3. The fourth-order valence-electron chi connectivity index (χ4n) is 0.0408. The number of nitrogens with one attached hydrogen (secondary N) is 1. The van der Waals surface area contributed by atoms with Gasteiger partial charge < -0.3 is 4.89 Å². The first-order valence-corrected chi connectivity index (χ1v) is 2.44. The molecule has 0 rings (SSSR count). The van der Waals surface area contributed by atoms with Crippen LogP contribution >= 0.6 is 8.03 Å². The van der Waals surface area contributed by atoms with E-state index in [0.29, 0.717) is 0 Å². The first-order valence-electron chi connectivity index (χ1n) is 1.27. The van der Waals surface area contributed by atoms with E-state index in [1.165, 1.54) is 0 Å². The van der Waals surface area contributed by atoms with Gasteiger partial charge in [-0.25, -0.2) is 4.79 Å². The van der Waals surface area contributed by atoms with Crippen molar-refractivity contribution in [2.24, 2.45) is 0 Å². The molecule has 1 amide bonds. The van der Waals surface area contributed by atoms with Gasteiger partial charge in [-0.2, -0.15) is 5.48 Å². The molecule has 0 saturated carbocycles. The molecule has 0 aliphatic heterocycles. The molecule has 0 aromatic carbocycles. The Balaban J connectivity index is 3.58. The van der Waals surface area contributed by atoms with Gasteiger partial charge in [-0.1, -0.05) is 4.57 Å². The number of amides is 1. The molecular formula is CH2NO4P. The molecular weight excluding hydrogens is 121 g/mol. The highest BCUT2D eigenvalue weighted by Crippen LogP contribution is 2.04. The lowest BCUT2D eigenvalue weighted by molar-refractivity contribution is -0.161. The van der Waals surface area contributed by atoms with Crippen molar-refractivity contribution in [2.75, 3.05) is 0 Å². The average molecular weight is 123 g/mol. The second kappa shape index (κ2) is 2.63. The van der Waals surface area contributed by atoms with E-state index in [4.69, 9.17) is 5.21 Å². The summed E-state index contributed by atoms with van der Waals surface area (Å²) in [6.45, 7) is 0. The van der Waals surface area contributed by atoms with Crippen molar-refractivity contribution in [3.8, 4) is 0 Å². The van der Waals surface area contributed by atoms with Crippen LogP contribution in [-0.4, -0.2) is 10.9 Å². The molecule has 0 heterocycles. The summed E-state index contributed by atoms with van der Waals surface area (Å²) >= 11 is 0. The zero-order valence-electron chi connectivity index (χ0n) is 3.12. The Morgan fingerprint density at radius 2 is 2.29 bits per heavy atom. The van der Waals surface area contributed by atoms with Gasteiger partial charge in [-0.3, -0.25) is 5.21 Å². The zero-order chi connectivity index (χ0) is 5.86. The minimum absolute atomic E-state index is 0.929. The monoisotopic (exact) mass is 123 g/mol. The second-order valence-corrected chi connectivity index (χ2v) is 1.59. The number of hydrogen-bond donors (Lipinski definition) is 2. The van der Waals surface area contributed by atoms with Crippen molar-refractivity contribution in [1.82, 2.24) is 5.48 Å². The molecule has 5 nitrogen and oxygen atoms in total. The van der Waals surface area contributed by atoms with E-state index in [0.717, 1.165) is 5.48 Å². The Bertz CT molecular complexity index is 99.9. The van der Waals surface area contributed by atoms with E-state index in [1.54, 1.807) is 0 Å². The third kappa shape index (κ3) is 2.22. The van der Waals surface area contributed by atoms with E-state index in [1.807, 2.05) is 0 Å². The molecule has 40 valence electrons. The van der Waals surface area contributed by atoms with Crippen LogP contribution in [0.5, 0.6) is 0 Å². The lowest BCUT2D eigenvalue weighted by Gasteiger charge is -1.80. The summed E-state index contributed by atoms with van der Waals surface area (Å²) in [6.07, 6.45) is 0. The van der Waals surface area contributed by atoms with Gasteiger partial charge in [0.25, 0.3) is 0 Å². The molecule has 1 unspecified atom stereocenters. The molecule has 0 bridgehead atoms. The van der Waals surface area contributed by atoms with Gasteiger partial charge in [0.15, 0.2) is 0 Å². The van der Waals surface area contributed by atoms with E-state index in [-0.39, 0.29) is 0 Å². The summed E-state index contributed by atoms with van der Waals surface area (Å²) in [5.74, 6) is 0. The molecule has 7 heavy (non-hydrogen) atoms. The maximum absolute atomic E-state index is 9.55. The van der Waals surface area contributed by atoms with E-state index in [9.17, 15) is 14.3 Å². The summed E-state index contributed by atoms with van der Waals surface area (Å²) in [7, 11) is -3.16. The number of hydroxylamine groups is 1. The van der Waals surface area contributed by atoms with Crippen LogP contribution in [0, 0.1) is 0 Å². The van der Waals surface area contributed by atoms with Crippen LogP contribution in [0.3, 0.4) is 0 Å². The molecule has 1 atom stereocenters. The van der Waals surface area contributed by atoms with Crippen molar-refractivity contribution in [2.45, 2.75) is 0 Å². The fourth-order valence-corrected chi connectivity index (χ4v) is 0.122. The highest BCUT2D eigenvalue weighted by Gasteiger charge is 2.12. The first kappa shape index (κ1) is 6.49. The fraction of sp³-hybridized carbons (Fsp3) is 0. The van der Waals surface area contributed by atoms with Gasteiger partial charge in [0.1, 0.15) is 0 Å². The molecule has 0 fully saturated rings. The topological polar surface area (TPSA) is 89.5 Å². The van der Waals surface area contributed by atoms with Crippen molar-refractivity contribution >= 4 is 13.7 Å². The number of carbonyl (C=O) groups is 1. The average Bonchev–Trinajstić information content (AvgIpc) is 1.65. The Hall–Kier alpha value is -0.510. The largest absolute Gasteiger partial charge is 0.587 e. The predicted octanol–water partition coefficient (Wildman–Crippen LogP) is -0.812. The summed E-state index contributed by atoms with van der Waals surface area (Å²) in [5, 5.41) is 7.52. The Labute approximate surface area is 39.8 Å². The molecule has 6 heteroatoms. The quantitative estimate of drug-likeness (QED) is 0.271. The molecule has 0 saturated heterocycles. The van der Waals surface area contributed by atoms with Crippen molar-refractivity contribution < 1.29 is 19.5 Å². The van der Waals surface area contributed by atoms with E-state index < -0.39 is 13.7 Å². The standard InChI is InChI=1S/CH2NO4P/c3-1(2-4)7(5)6/h4H,(H,2,3). The molecule has 2 N–H and O–H groups in total. The molecule has 0 aliphatic rings. The lowest BCUT2D eigenvalue weighted by Crippen LogP contribution is -2.15. The van der Waals surface area contributed by atoms with Crippen LogP contribution in [-0.2, 0) is 4.57 Å². The van der Waals surface area contributed by atoms with Crippen LogP contribution in [0.1, 0.15) is 0 Å². The Morgan fingerprint density at radius 3 is 2.29 bits per heavy atom. The summed E-state index contributed by atoms with van der Waals surface area (Å²) in [5.41, 5.74) is -0.464. The maximum Gasteiger partial charge on any atom is 0.480 e. The predicted molar refractivity (Wildman–Crippen MR) is 17.9 cm³/mol. The van der Waals surface area contributed by atoms with Gasteiger partial charge >= 0.3 is 13.7 Å². The summed E-state index contributed by atoms with van der Waals surface area (Å²) < 4.78 is 9.40. The smallest absolute Gasteiger partial charge is 0.480 e. The summed E-state index contributed by atoms with van der Waals surface area (Å²) in [6, 6.07) is 0. The van der Waals surface area contributed by atoms with Gasteiger partial charge in [0.2, 0.25) is 0 Å². The van der Waals surface area contributed by atoms with Crippen molar-refractivity contribution in [3.05, 3.63) is 0 Å². The van der Waals surface area contributed by atoms with Gasteiger partial charge in [-0.05, 0) is 0 Å². The van der Waals surface area contributed by atoms with Crippen molar-refractivity contribution in [3.63, 3.8) is 0 Å². The third-order valence-electron chi connectivity index (χ3n) is 0.261. The number of hydrogen-bond acceptors (Lipinski definition) is 4. The van der Waals surface area contributed by atoms with Gasteiger partial charge in [-0.15, -0.1) is 0 Å². The molecule has 0 aliphatic carbocycles. The molecule has 0 aromatic heterocycles. The Kier molecular flexibility index (Phi) is 2.44. The van der Waals surface area contributed by atoms with E-state index in [2.05, 4.69) is 0 Å². The van der Waals surface area contributed by atoms with E-state index >= 15 is 0 Å². The minimum Gasteiger partial charge on any atom is -0.587 e. The SMILES string of the molecule is O=C(NO)[P+](=O)[O-]. The van der Waals surface area contributed by atoms with Crippen LogP contribution in [0.4, 0.5) is 4.79 Å². The maximum atomic E-state index is 9.55. The van der Waals surface area contributed by atoms with Crippen LogP contribution < -0.4 is 10.4 Å². The molecule has 0 spiro atoms. The lowest BCUT2D eigenvalue weighted by atomic mass is 11.4. The van der Waals surface area contributed by atoms with Gasteiger partial charge in [0.05, 0.1) is 0 Å². The first-order chi connectivity index (χ1) is 3.18. The van der Waals surface area contributed by atoms with Gasteiger partial charge in [0, 0.05) is 0 Å². The molecule has 0 aromatic rings. The van der Waals surface area contributed by atoms with Crippen LogP contribution in [0.25, 0.3) is 0 Å². The highest BCUT2D eigenvalue weighted by molar-refractivity contribution is 7.56. The highest BCUT2D eigenvalue weighted by atomic mass is 31.1. The second-order valence-electron chi connectivity index (χ2n) is 0.674. The third-order valence-corrected chi connectivity index (χ3v) is 0.693.